The molecule has 0 N–H and O–H groups in total. The summed E-state index contributed by atoms with van der Waals surface area (Å²) >= 11 is 0. The van der Waals surface area contributed by atoms with E-state index in [1.165, 1.54) is 54.7 Å². The molecule has 0 spiro atoms. The van der Waals surface area contributed by atoms with Gasteiger partial charge in [0.05, 0.1) is 33.3 Å². The molecule has 12 rings (SSSR count). The molecule has 4 nitrogen and oxygen atoms in total. The number of nitrogens with zero attached hydrogens (tertiary/aromatic N) is 4. The molecule has 0 amide bonds. The summed E-state index contributed by atoms with van der Waals surface area (Å²) in [6, 6.07) is 73.9. The van der Waals surface area contributed by atoms with E-state index in [4.69, 9.17) is 9.97 Å². The van der Waals surface area contributed by atoms with Gasteiger partial charge in [0.25, 0.3) is 0 Å². The topological polar surface area (TPSA) is 35.6 Å². The van der Waals surface area contributed by atoms with Gasteiger partial charge in [-0.3, -0.25) is 4.57 Å². The molecule has 4 heteroatoms. The fourth-order valence-electron chi connectivity index (χ4n) is 9.05. The standard InChI is InChI=1S/C54H34N4/c1-3-15-36(16-4-1)53-44-22-9-11-24-48(44)55-54(56-53)58-49-25-12-10-21-43(49)45-32-37(27-30-52(45)58)38-26-29-50-46(33-38)47-34-39(42-23-13-17-35-14-7-8-20-41(35)42)28-31-51(47)57(50)40-18-5-2-6-19-40/h1-34H. The van der Waals surface area contributed by atoms with Crippen LogP contribution in [0.5, 0.6) is 0 Å². The Balaban J connectivity index is 1.06. The summed E-state index contributed by atoms with van der Waals surface area (Å²) in [5.41, 5.74) is 13.4. The zero-order valence-electron chi connectivity index (χ0n) is 31.4. The van der Waals surface area contributed by atoms with E-state index in [9.17, 15) is 0 Å². The van der Waals surface area contributed by atoms with Crippen molar-refractivity contribution in [2.75, 3.05) is 0 Å². The molecule has 270 valence electrons. The molecule has 58 heavy (non-hydrogen) atoms. The number of hydrogen-bond donors (Lipinski definition) is 0. The lowest BCUT2D eigenvalue weighted by molar-refractivity contribution is 1.01. The number of fused-ring (bicyclic) bond motifs is 8. The molecule has 9 aromatic carbocycles. The van der Waals surface area contributed by atoms with Crippen LogP contribution in [0, 0.1) is 0 Å². The van der Waals surface area contributed by atoms with Crippen LogP contribution in [0.2, 0.25) is 0 Å². The van der Waals surface area contributed by atoms with Crippen LogP contribution in [-0.2, 0) is 0 Å². The Morgan fingerprint density at radius 1 is 0.310 bits per heavy atom. The van der Waals surface area contributed by atoms with Gasteiger partial charge in [0.1, 0.15) is 0 Å². The molecule has 0 saturated heterocycles. The van der Waals surface area contributed by atoms with Crippen LogP contribution in [-0.4, -0.2) is 19.1 Å². The first-order valence-corrected chi connectivity index (χ1v) is 19.7. The molecular weight excluding hydrogens is 705 g/mol. The van der Waals surface area contributed by atoms with Crippen LogP contribution in [0.25, 0.3) is 110 Å². The summed E-state index contributed by atoms with van der Waals surface area (Å²) in [6.45, 7) is 0. The minimum atomic E-state index is 0.661. The lowest BCUT2D eigenvalue weighted by Crippen LogP contribution is -2.03. The van der Waals surface area contributed by atoms with Gasteiger partial charge in [-0.2, -0.15) is 0 Å². The van der Waals surface area contributed by atoms with E-state index in [-0.39, 0.29) is 0 Å². The average molecular weight is 739 g/mol. The maximum absolute atomic E-state index is 5.28. The maximum Gasteiger partial charge on any atom is 0.235 e. The van der Waals surface area contributed by atoms with Crippen LogP contribution < -0.4 is 0 Å². The first kappa shape index (κ1) is 32.4. The zero-order chi connectivity index (χ0) is 38.2. The van der Waals surface area contributed by atoms with Crippen LogP contribution in [0.1, 0.15) is 0 Å². The van der Waals surface area contributed by atoms with Crippen molar-refractivity contribution in [1.82, 2.24) is 19.1 Å². The number of aromatic nitrogens is 4. The summed E-state index contributed by atoms with van der Waals surface area (Å²) in [6.07, 6.45) is 0. The number of hydrogen-bond acceptors (Lipinski definition) is 2. The van der Waals surface area contributed by atoms with Gasteiger partial charge in [0, 0.05) is 38.2 Å². The number of rotatable bonds is 5. The Hall–Kier alpha value is -7.82. The third-order valence-electron chi connectivity index (χ3n) is 11.7. The van der Waals surface area contributed by atoms with Crippen molar-refractivity contribution in [2.45, 2.75) is 0 Å². The van der Waals surface area contributed by atoms with Crippen LogP contribution >= 0.6 is 0 Å². The predicted octanol–water partition coefficient (Wildman–Crippen LogP) is 14.0. The average Bonchev–Trinajstić information content (AvgIpc) is 3.81. The van der Waals surface area contributed by atoms with E-state index in [0.29, 0.717) is 5.95 Å². The van der Waals surface area contributed by atoms with E-state index < -0.39 is 0 Å². The molecule has 0 unspecified atom stereocenters. The van der Waals surface area contributed by atoms with Crippen molar-refractivity contribution in [3.63, 3.8) is 0 Å². The molecule has 0 bridgehead atoms. The van der Waals surface area contributed by atoms with Crippen molar-refractivity contribution < 1.29 is 0 Å². The van der Waals surface area contributed by atoms with Crippen LogP contribution in [0.3, 0.4) is 0 Å². The Morgan fingerprint density at radius 2 is 0.845 bits per heavy atom. The highest BCUT2D eigenvalue weighted by Gasteiger charge is 2.19. The third kappa shape index (κ3) is 5.02. The van der Waals surface area contributed by atoms with E-state index in [1.807, 2.05) is 12.1 Å². The summed E-state index contributed by atoms with van der Waals surface area (Å²) in [7, 11) is 0. The molecule has 3 aromatic heterocycles. The molecule has 12 aromatic rings. The van der Waals surface area contributed by atoms with Crippen molar-refractivity contribution in [2.24, 2.45) is 0 Å². The van der Waals surface area contributed by atoms with Gasteiger partial charge >= 0.3 is 0 Å². The lowest BCUT2D eigenvalue weighted by atomic mass is 9.96. The molecule has 0 radical (unpaired) electrons. The van der Waals surface area contributed by atoms with Gasteiger partial charge in [0.15, 0.2) is 0 Å². The highest BCUT2D eigenvalue weighted by Crippen LogP contribution is 2.40. The highest BCUT2D eigenvalue weighted by molar-refractivity contribution is 6.14. The normalized spacial score (nSPS) is 11.8. The molecule has 0 saturated carbocycles. The van der Waals surface area contributed by atoms with E-state index in [2.05, 4.69) is 203 Å². The Kier molecular flexibility index (Phi) is 7.20. The van der Waals surface area contributed by atoms with Gasteiger partial charge in [0.2, 0.25) is 5.95 Å². The molecule has 0 aliphatic carbocycles. The second kappa shape index (κ2) is 12.9. The fraction of sp³-hybridized carbons (Fsp3) is 0. The molecule has 0 fully saturated rings. The summed E-state index contributed by atoms with van der Waals surface area (Å²) < 4.78 is 4.62. The molecule has 0 aliphatic heterocycles. The van der Waals surface area contributed by atoms with Gasteiger partial charge in [-0.05, 0) is 93.7 Å². The van der Waals surface area contributed by atoms with Gasteiger partial charge in [-0.25, -0.2) is 9.97 Å². The SMILES string of the molecule is c1ccc(-c2nc(-n3c4ccccc4c4cc(-c5ccc6c(c5)c5cc(-c7cccc8ccccc78)ccc5n6-c5ccccc5)ccc43)nc3ccccc23)cc1. The Morgan fingerprint density at radius 3 is 1.60 bits per heavy atom. The van der Waals surface area contributed by atoms with Crippen molar-refractivity contribution in [3.05, 3.63) is 206 Å². The fourth-order valence-corrected chi connectivity index (χ4v) is 9.05. The monoisotopic (exact) mass is 738 g/mol. The number of benzene rings is 9. The summed E-state index contributed by atoms with van der Waals surface area (Å²) in [5, 5.41) is 8.32. The first-order chi connectivity index (χ1) is 28.8. The van der Waals surface area contributed by atoms with Gasteiger partial charge in [-0.1, -0.05) is 146 Å². The van der Waals surface area contributed by atoms with Crippen molar-refractivity contribution in [1.29, 1.82) is 0 Å². The minimum Gasteiger partial charge on any atom is -0.309 e. The third-order valence-corrected chi connectivity index (χ3v) is 11.7. The molecular formula is C54H34N4. The maximum atomic E-state index is 5.28. The quantitative estimate of drug-likeness (QED) is 0.176. The van der Waals surface area contributed by atoms with Crippen molar-refractivity contribution in [3.8, 4) is 45.1 Å². The smallest absolute Gasteiger partial charge is 0.235 e. The first-order valence-electron chi connectivity index (χ1n) is 19.7. The largest absolute Gasteiger partial charge is 0.309 e. The van der Waals surface area contributed by atoms with Gasteiger partial charge < -0.3 is 4.57 Å². The number of para-hydroxylation sites is 3. The molecule has 0 aliphatic rings. The summed E-state index contributed by atoms with van der Waals surface area (Å²) in [4.78, 5) is 10.5. The van der Waals surface area contributed by atoms with Crippen LogP contribution in [0.4, 0.5) is 0 Å². The second-order valence-corrected chi connectivity index (χ2v) is 15.0. The predicted molar refractivity (Wildman–Crippen MR) is 242 cm³/mol. The zero-order valence-corrected chi connectivity index (χ0v) is 31.4. The molecule has 3 heterocycles. The van der Waals surface area contributed by atoms with Crippen molar-refractivity contribution >= 4 is 65.3 Å². The Labute approximate surface area is 334 Å². The van der Waals surface area contributed by atoms with Gasteiger partial charge in [-0.15, -0.1) is 0 Å². The van der Waals surface area contributed by atoms with E-state index in [1.54, 1.807) is 0 Å². The van der Waals surface area contributed by atoms with Crippen LogP contribution in [0.15, 0.2) is 206 Å². The van der Waals surface area contributed by atoms with E-state index >= 15 is 0 Å². The highest BCUT2D eigenvalue weighted by atomic mass is 15.2. The second-order valence-electron chi connectivity index (χ2n) is 15.0. The van der Waals surface area contributed by atoms with E-state index in [0.717, 1.165) is 49.8 Å². The summed E-state index contributed by atoms with van der Waals surface area (Å²) in [5.74, 6) is 0.661. The minimum absolute atomic E-state index is 0.661. The molecule has 0 atom stereocenters. The lowest BCUT2D eigenvalue weighted by Gasteiger charge is -2.12. The Bertz CT molecular complexity index is 3560.